The number of thioether (sulfide) groups is 1. The number of ketones is 1. The van der Waals surface area contributed by atoms with Crippen molar-refractivity contribution >= 4 is 29.1 Å². The summed E-state index contributed by atoms with van der Waals surface area (Å²) in [7, 11) is 0. The predicted octanol–water partition coefficient (Wildman–Crippen LogP) is 3.12. The number of aryl methyl sites for hydroxylation is 1. The van der Waals surface area contributed by atoms with Crippen molar-refractivity contribution in [2.24, 2.45) is 0 Å². The van der Waals surface area contributed by atoms with Crippen molar-refractivity contribution in [3.63, 3.8) is 0 Å². The van der Waals surface area contributed by atoms with E-state index in [-0.39, 0.29) is 12.2 Å². The average molecular weight is 341 g/mol. The monoisotopic (exact) mass is 341 g/mol. The molecule has 1 aliphatic rings. The number of rotatable bonds is 5. The van der Waals surface area contributed by atoms with Gasteiger partial charge >= 0.3 is 0 Å². The normalized spacial score (nSPS) is 19.5. The van der Waals surface area contributed by atoms with Crippen molar-refractivity contribution < 1.29 is 14.7 Å². The number of Topliss-reactive ketones (excluding diaryl/α,β-unsaturated/α-hetero) is 1. The Morgan fingerprint density at radius 1 is 1.17 bits per heavy atom. The van der Waals surface area contributed by atoms with E-state index in [4.69, 9.17) is 0 Å². The summed E-state index contributed by atoms with van der Waals surface area (Å²) in [5, 5.41) is 11.1. The van der Waals surface area contributed by atoms with Crippen molar-refractivity contribution in [3.8, 4) is 0 Å². The van der Waals surface area contributed by atoms with E-state index in [1.807, 2.05) is 31.4 Å². The molecule has 0 saturated carbocycles. The van der Waals surface area contributed by atoms with Gasteiger partial charge in [0.2, 0.25) is 0 Å². The Balaban J connectivity index is 1.95. The van der Waals surface area contributed by atoms with E-state index in [2.05, 4.69) is 0 Å². The van der Waals surface area contributed by atoms with E-state index in [1.54, 1.807) is 35.2 Å². The van der Waals surface area contributed by atoms with E-state index in [0.29, 0.717) is 22.7 Å². The molecule has 1 amide bonds. The van der Waals surface area contributed by atoms with Crippen LogP contribution in [0.25, 0.3) is 0 Å². The van der Waals surface area contributed by atoms with Gasteiger partial charge in [0, 0.05) is 11.1 Å². The second-order valence-corrected chi connectivity index (χ2v) is 6.83. The third-order valence-corrected chi connectivity index (χ3v) is 4.80. The van der Waals surface area contributed by atoms with E-state index >= 15 is 0 Å². The lowest BCUT2D eigenvalue weighted by atomic mass is 9.88. The van der Waals surface area contributed by atoms with Crippen LogP contribution >= 0.6 is 11.8 Å². The molecule has 0 spiro atoms. The van der Waals surface area contributed by atoms with Gasteiger partial charge in [-0.3, -0.25) is 14.5 Å². The highest BCUT2D eigenvalue weighted by molar-refractivity contribution is 7.98. The molecule has 3 rings (SSSR count). The molecule has 5 heteroatoms. The molecule has 0 fully saturated rings. The van der Waals surface area contributed by atoms with Gasteiger partial charge in [-0.1, -0.05) is 48.0 Å². The molecule has 4 nitrogen and oxygen atoms in total. The Hall–Kier alpha value is -2.11. The second-order valence-electron chi connectivity index (χ2n) is 5.99. The molecule has 124 valence electrons. The Bertz CT molecular complexity index is 787. The van der Waals surface area contributed by atoms with Gasteiger partial charge in [0.05, 0.1) is 18.0 Å². The summed E-state index contributed by atoms with van der Waals surface area (Å²) in [6, 6.07) is 14.3. The maximum Gasteiger partial charge on any atom is 0.264 e. The Morgan fingerprint density at radius 2 is 1.83 bits per heavy atom. The van der Waals surface area contributed by atoms with Crippen molar-refractivity contribution in [2.45, 2.75) is 18.9 Å². The molecule has 1 N–H and O–H groups in total. The minimum absolute atomic E-state index is 0.244. The predicted molar refractivity (Wildman–Crippen MR) is 96.3 cm³/mol. The maximum absolute atomic E-state index is 12.8. The molecule has 0 aromatic heterocycles. The van der Waals surface area contributed by atoms with Crippen LogP contribution in [0.5, 0.6) is 0 Å². The molecule has 1 heterocycles. The zero-order valence-electron chi connectivity index (χ0n) is 13.7. The molecule has 1 aliphatic heterocycles. The minimum Gasteiger partial charge on any atom is -0.375 e. The van der Waals surface area contributed by atoms with Crippen molar-refractivity contribution in [1.82, 2.24) is 0 Å². The van der Waals surface area contributed by atoms with Crippen LogP contribution in [0.4, 0.5) is 5.69 Å². The van der Waals surface area contributed by atoms with Crippen LogP contribution in [0.15, 0.2) is 48.5 Å². The fraction of sp³-hybridized carbons (Fsp3) is 0.263. The number of aliphatic hydroxyl groups is 1. The number of carbonyl (C=O) groups is 2. The number of carbonyl (C=O) groups excluding carboxylic acids is 2. The molecular formula is C19H19NO3S. The number of nitrogens with zero attached hydrogens (tertiary/aromatic N) is 1. The molecule has 0 unspecified atom stereocenters. The highest BCUT2D eigenvalue weighted by Gasteiger charge is 2.50. The van der Waals surface area contributed by atoms with Gasteiger partial charge in [0.15, 0.2) is 11.4 Å². The minimum atomic E-state index is -1.80. The smallest absolute Gasteiger partial charge is 0.264 e. The Kier molecular flexibility index (Phi) is 4.47. The zero-order chi connectivity index (χ0) is 17.3. The lowest BCUT2D eigenvalue weighted by molar-refractivity contribution is -0.135. The maximum atomic E-state index is 12.8. The average Bonchev–Trinajstić information content (AvgIpc) is 2.78. The zero-order valence-corrected chi connectivity index (χ0v) is 14.5. The molecule has 2 aromatic rings. The van der Waals surface area contributed by atoms with Crippen LogP contribution in [-0.2, 0) is 10.4 Å². The second kappa shape index (κ2) is 6.42. The van der Waals surface area contributed by atoms with Gasteiger partial charge in [-0.05, 0) is 19.2 Å². The van der Waals surface area contributed by atoms with Gasteiger partial charge in [-0.15, -0.1) is 11.8 Å². The van der Waals surface area contributed by atoms with Crippen LogP contribution < -0.4 is 4.90 Å². The number of fused-ring (bicyclic) bond motifs is 1. The highest BCUT2D eigenvalue weighted by Crippen LogP contribution is 2.43. The summed E-state index contributed by atoms with van der Waals surface area (Å²) in [6.07, 6.45) is 1.64. The third kappa shape index (κ3) is 2.74. The lowest BCUT2D eigenvalue weighted by Gasteiger charge is -2.22. The van der Waals surface area contributed by atoms with Gasteiger partial charge in [-0.25, -0.2) is 0 Å². The van der Waals surface area contributed by atoms with Crippen LogP contribution in [0.2, 0.25) is 0 Å². The SMILES string of the molecule is CSCN1C(=O)[C@@](O)(CC(=O)c2ccc(C)cc2)c2ccccc21. The fourth-order valence-corrected chi connectivity index (χ4v) is 3.52. The topological polar surface area (TPSA) is 57.6 Å². The first-order chi connectivity index (χ1) is 11.5. The summed E-state index contributed by atoms with van der Waals surface area (Å²) < 4.78 is 0. The molecule has 2 aromatic carbocycles. The first kappa shape index (κ1) is 16.7. The van der Waals surface area contributed by atoms with E-state index in [9.17, 15) is 14.7 Å². The molecule has 1 atom stereocenters. The first-order valence-corrected chi connectivity index (χ1v) is 9.09. The molecular weight excluding hydrogens is 322 g/mol. The van der Waals surface area contributed by atoms with Gasteiger partial charge in [-0.2, -0.15) is 0 Å². The van der Waals surface area contributed by atoms with Crippen LogP contribution in [0, 0.1) is 6.92 Å². The van der Waals surface area contributed by atoms with Crippen molar-refractivity contribution in [1.29, 1.82) is 0 Å². The summed E-state index contributed by atoms with van der Waals surface area (Å²) >= 11 is 1.49. The fourth-order valence-electron chi connectivity index (χ4n) is 3.01. The summed E-state index contributed by atoms with van der Waals surface area (Å²) in [5.41, 5.74) is 0.941. The van der Waals surface area contributed by atoms with Crippen LogP contribution in [0.1, 0.15) is 27.9 Å². The number of anilines is 1. The molecule has 0 radical (unpaired) electrons. The summed E-state index contributed by atoms with van der Waals surface area (Å²) in [5.74, 6) is -0.234. The lowest BCUT2D eigenvalue weighted by Crippen LogP contribution is -2.41. The number of amides is 1. The standard InChI is InChI=1S/C19H19NO3S/c1-13-7-9-14(10-8-13)17(21)11-19(23)15-5-3-4-6-16(15)20(12-24-2)18(19)22/h3-10,23H,11-12H2,1-2H3/t19-/m1/s1. The third-order valence-electron chi connectivity index (χ3n) is 4.29. The number of para-hydroxylation sites is 1. The van der Waals surface area contributed by atoms with Crippen molar-refractivity contribution in [2.75, 3.05) is 17.0 Å². The quantitative estimate of drug-likeness (QED) is 0.849. The van der Waals surface area contributed by atoms with Crippen molar-refractivity contribution in [3.05, 3.63) is 65.2 Å². The molecule has 0 saturated heterocycles. The van der Waals surface area contributed by atoms with Gasteiger partial charge in [0.25, 0.3) is 5.91 Å². The molecule has 24 heavy (non-hydrogen) atoms. The number of hydrogen-bond donors (Lipinski definition) is 1. The van der Waals surface area contributed by atoms with Crippen LogP contribution in [-0.4, -0.2) is 28.9 Å². The Labute approximate surface area is 145 Å². The molecule has 0 aliphatic carbocycles. The largest absolute Gasteiger partial charge is 0.375 e. The van der Waals surface area contributed by atoms with E-state index in [0.717, 1.165) is 5.56 Å². The Morgan fingerprint density at radius 3 is 2.50 bits per heavy atom. The van der Waals surface area contributed by atoms with Crippen LogP contribution in [0.3, 0.4) is 0 Å². The van der Waals surface area contributed by atoms with Gasteiger partial charge < -0.3 is 5.11 Å². The molecule has 0 bridgehead atoms. The first-order valence-electron chi connectivity index (χ1n) is 7.70. The summed E-state index contributed by atoms with van der Waals surface area (Å²) in [6.45, 7) is 1.94. The van der Waals surface area contributed by atoms with Gasteiger partial charge in [0.1, 0.15) is 0 Å². The van der Waals surface area contributed by atoms with E-state index in [1.165, 1.54) is 11.8 Å². The van der Waals surface area contributed by atoms with E-state index < -0.39 is 11.5 Å². The number of hydrogen-bond acceptors (Lipinski definition) is 4. The highest BCUT2D eigenvalue weighted by atomic mass is 32.2. The number of benzene rings is 2. The summed E-state index contributed by atoms with van der Waals surface area (Å²) in [4.78, 5) is 27.0.